The van der Waals surface area contributed by atoms with Gasteiger partial charge in [0.25, 0.3) is 0 Å². The van der Waals surface area contributed by atoms with Crippen LogP contribution in [0.15, 0.2) is 29.2 Å². The second kappa shape index (κ2) is 8.96. The molecule has 0 bridgehead atoms. The molecule has 0 unspecified atom stereocenters. The molecule has 0 spiro atoms. The lowest BCUT2D eigenvalue weighted by Gasteiger charge is -2.20. The number of anilines is 1. The van der Waals surface area contributed by atoms with Crippen molar-refractivity contribution in [1.29, 1.82) is 0 Å². The SMILES string of the molecule is CCCN(CCO)CC(=O)Nc1ccccc1SC. The molecule has 0 saturated carbocycles. The number of amides is 1. The standard InChI is InChI=1S/C14H22N2O2S/c1-3-8-16(9-10-17)11-14(18)15-12-6-4-5-7-13(12)19-2/h4-7,17H,3,8-11H2,1-2H3,(H,15,18). The zero-order valence-corrected chi connectivity index (χ0v) is 12.4. The number of rotatable bonds is 8. The van der Waals surface area contributed by atoms with Crippen LogP contribution in [0, 0.1) is 0 Å². The zero-order chi connectivity index (χ0) is 14.1. The Balaban J connectivity index is 2.58. The topological polar surface area (TPSA) is 52.6 Å². The van der Waals surface area contributed by atoms with Crippen LogP contribution in [-0.4, -0.2) is 48.4 Å². The molecule has 1 rings (SSSR count). The van der Waals surface area contributed by atoms with Crippen LogP contribution in [0.5, 0.6) is 0 Å². The van der Waals surface area contributed by atoms with Gasteiger partial charge in [-0.05, 0) is 31.4 Å². The summed E-state index contributed by atoms with van der Waals surface area (Å²) in [6.07, 6.45) is 2.95. The third-order valence-electron chi connectivity index (χ3n) is 2.70. The van der Waals surface area contributed by atoms with E-state index >= 15 is 0 Å². The van der Waals surface area contributed by atoms with Crippen molar-refractivity contribution in [3.63, 3.8) is 0 Å². The van der Waals surface area contributed by atoms with Crippen molar-refractivity contribution < 1.29 is 9.90 Å². The fraction of sp³-hybridized carbons (Fsp3) is 0.500. The van der Waals surface area contributed by atoms with E-state index in [4.69, 9.17) is 5.11 Å². The lowest BCUT2D eigenvalue weighted by Crippen LogP contribution is -2.35. The summed E-state index contributed by atoms with van der Waals surface area (Å²) in [6.45, 7) is 3.81. The molecular weight excluding hydrogens is 260 g/mol. The molecule has 0 fully saturated rings. The van der Waals surface area contributed by atoms with Gasteiger partial charge in [0, 0.05) is 11.4 Å². The van der Waals surface area contributed by atoms with Crippen LogP contribution in [0.2, 0.25) is 0 Å². The average Bonchev–Trinajstić information content (AvgIpc) is 2.40. The third kappa shape index (κ3) is 5.63. The van der Waals surface area contributed by atoms with E-state index < -0.39 is 0 Å². The van der Waals surface area contributed by atoms with Crippen LogP contribution in [0.3, 0.4) is 0 Å². The molecule has 0 aromatic heterocycles. The number of hydrogen-bond acceptors (Lipinski definition) is 4. The number of benzene rings is 1. The summed E-state index contributed by atoms with van der Waals surface area (Å²) in [6, 6.07) is 7.75. The molecule has 0 aliphatic heterocycles. The molecule has 0 heterocycles. The Morgan fingerprint density at radius 1 is 1.37 bits per heavy atom. The maximum Gasteiger partial charge on any atom is 0.238 e. The highest BCUT2D eigenvalue weighted by molar-refractivity contribution is 7.98. The minimum atomic E-state index is -0.0385. The maximum absolute atomic E-state index is 12.0. The van der Waals surface area contributed by atoms with Crippen molar-refractivity contribution in [3.05, 3.63) is 24.3 Å². The number of aliphatic hydroxyl groups is 1. The number of para-hydroxylation sites is 1. The number of nitrogens with zero attached hydrogens (tertiary/aromatic N) is 1. The van der Waals surface area contributed by atoms with Crippen LogP contribution in [0.4, 0.5) is 5.69 Å². The lowest BCUT2D eigenvalue weighted by atomic mass is 10.3. The van der Waals surface area contributed by atoms with Crippen LogP contribution < -0.4 is 5.32 Å². The highest BCUT2D eigenvalue weighted by Crippen LogP contribution is 2.24. The molecule has 5 heteroatoms. The fourth-order valence-corrected chi connectivity index (χ4v) is 2.42. The number of thioether (sulfide) groups is 1. The monoisotopic (exact) mass is 282 g/mol. The first-order valence-corrected chi connectivity index (χ1v) is 7.69. The summed E-state index contributed by atoms with van der Waals surface area (Å²) in [7, 11) is 0. The molecule has 106 valence electrons. The van der Waals surface area contributed by atoms with Crippen LogP contribution in [-0.2, 0) is 4.79 Å². The van der Waals surface area contributed by atoms with E-state index in [2.05, 4.69) is 12.2 Å². The van der Waals surface area contributed by atoms with Gasteiger partial charge in [-0.15, -0.1) is 11.8 Å². The summed E-state index contributed by atoms with van der Waals surface area (Å²) in [5, 5.41) is 11.9. The van der Waals surface area contributed by atoms with Crippen molar-refractivity contribution >= 4 is 23.4 Å². The predicted octanol–water partition coefficient (Wildman–Crippen LogP) is 2.05. The van der Waals surface area contributed by atoms with Crippen molar-refractivity contribution in [3.8, 4) is 0 Å². The first-order valence-electron chi connectivity index (χ1n) is 6.47. The fourth-order valence-electron chi connectivity index (χ4n) is 1.87. The molecule has 4 nitrogen and oxygen atoms in total. The maximum atomic E-state index is 12.0. The van der Waals surface area contributed by atoms with Gasteiger partial charge in [0.2, 0.25) is 5.91 Å². The molecule has 19 heavy (non-hydrogen) atoms. The molecular formula is C14H22N2O2S. The Kier molecular flexibility index (Phi) is 7.55. The molecule has 0 saturated heterocycles. The summed E-state index contributed by atoms with van der Waals surface area (Å²) < 4.78 is 0. The summed E-state index contributed by atoms with van der Waals surface area (Å²) in [4.78, 5) is 15.0. The van der Waals surface area contributed by atoms with E-state index in [1.165, 1.54) is 0 Å². The van der Waals surface area contributed by atoms with Crippen LogP contribution in [0.1, 0.15) is 13.3 Å². The molecule has 2 N–H and O–H groups in total. The summed E-state index contributed by atoms with van der Waals surface area (Å²) in [5.74, 6) is -0.0385. The van der Waals surface area contributed by atoms with Crippen molar-refractivity contribution in [2.45, 2.75) is 18.2 Å². The Bertz CT molecular complexity index is 393. The van der Waals surface area contributed by atoms with Gasteiger partial charge in [-0.1, -0.05) is 19.1 Å². The first-order chi connectivity index (χ1) is 9.21. The largest absolute Gasteiger partial charge is 0.395 e. The van der Waals surface area contributed by atoms with Crippen molar-refractivity contribution in [2.24, 2.45) is 0 Å². The molecule has 0 atom stereocenters. The van der Waals surface area contributed by atoms with Gasteiger partial charge < -0.3 is 10.4 Å². The Morgan fingerprint density at radius 2 is 2.11 bits per heavy atom. The van der Waals surface area contributed by atoms with E-state index in [1.807, 2.05) is 35.4 Å². The Morgan fingerprint density at radius 3 is 2.74 bits per heavy atom. The second-order valence-electron chi connectivity index (χ2n) is 4.25. The molecule has 0 radical (unpaired) electrons. The van der Waals surface area contributed by atoms with Gasteiger partial charge in [0.05, 0.1) is 18.8 Å². The van der Waals surface area contributed by atoms with E-state index in [9.17, 15) is 4.79 Å². The average molecular weight is 282 g/mol. The number of carbonyl (C=O) groups is 1. The third-order valence-corrected chi connectivity index (χ3v) is 3.50. The van der Waals surface area contributed by atoms with Crippen LogP contribution >= 0.6 is 11.8 Å². The number of hydrogen-bond donors (Lipinski definition) is 2. The molecule has 1 amide bonds. The number of carbonyl (C=O) groups excluding carboxylic acids is 1. The Labute approximate surface area is 119 Å². The minimum absolute atomic E-state index is 0.0385. The Hall–Kier alpha value is -1.04. The normalized spacial score (nSPS) is 10.7. The smallest absolute Gasteiger partial charge is 0.238 e. The first kappa shape index (κ1) is 16.0. The lowest BCUT2D eigenvalue weighted by molar-refractivity contribution is -0.117. The predicted molar refractivity (Wildman–Crippen MR) is 80.7 cm³/mol. The van der Waals surface area contributed by atoms with Gasteiger partial charge in [-0.25, -0.2) is 0 Å². The molecule has 1 aromatic carbocycles. The zero-order valence-electron chi connectivity index (χ0n) is 11.6. The van der Waals surface area contributed by atoms with Gasteiger partial charge in [0.1, 0.15) is 0 Å². The number of aliphatic hydroxyl groups excluding tert-OH is 1. The van der Waals surface area contributed by atoms with Crippen molar-refractivity contribution in [2.75, 3.05) is 37.8 Å². The highest BCUT2D eigenvalue weighted by Gasteiger charge is 2.11. The van der Waals surface area contributed by atoms with Gasteiger partial charge in [-0.2, -0.15) is 0 Å². The highest BCUT2D eigenvalue weighted by atomic mass is 32.2. The van der Waals surface area contributed by atoms with E-state index in [-0.39, 0.29) is 12.5 Å². The van der Waals surface area contributed by atoms with Crippen LogP contribution in [0.25, 0.3) is 0 Å². The molecule has 0 aliphatic carbocycles. The van der Waals surface area contributed by atoms with E-state index in [1.54, 1.807) is 11.8 Å². The molecule has 0 aliphatic rings. The molecule has 1 aromatic rings. The second-order valence-corrected chi connectivity index (χ2v) is 5.10. The number of nitrogens with one attached hydrogen (secondary N) is 1. The van der Waals surface area contributed by atoms with Gasteiger partial charge in [-0.3, -0.25) is 9.69 Å². The summed E-state index contributed by atoms with van der Waals surface area (Å²) in [5.41, 5.74) is 0.848. The van der Waals surface area contributed by atoms with Crippen molar-refractivity contribution in [1.82, 2.24) is 4.90 Å². The van der Waals surface area contributed by atoms with Gasteiger partial charge in [0.15, 0.2) is 0 Å². The van der Waals surface area contributed by atoms with Gasteiger partial charge >= 0.3 is 0 Å². The van der Waals surface area contributed by atoms with E-state index in [0.29, 0.717) is 13.1 Å². The van der Waals surface area contributed by atoms with E-state index in [0.717, 1.165) is 23.5 Å². The minimum Gasteiger partial charge on any atom is -0.395 e. The summed E-state index contributed by atoms with van der Waals surface area (Å²) >= 11 is 1.61. The quantitative estimate of drug-likeness (QED) is 0.717.